The van der Waals surface area contributed by atoms with Crippen LogP contribution >= 0.6 is 11.8 Å². The summed E-state index contributed by atoms with van der Waals surface area (Å²) in [4.78, 5) is 2.66. The van der Waals surface area contributed by atoms with Crippen LogP contribution in [0.3, 0.4) is 0 Å². The van der Waals surface area contributed by atoms with Gasteiger partial charge in [0.2, 0.25) is 0 Å². The van der Waals surface area contributed by atoms with E-state index in [1.807, 2.05) is 0 Å². The van der Waals surface area contributed by atoms with Crippen molar-refractivity contribution in [2.75, 3.05) is 19.6 Å². The van der Waals surface area contributed by atoms with Crippen LogP contribution in [0.2, 0.25) is 0 Å². The normalized spacial score (nSPS) is 41.8. The van der Waals surface area contributed by atoms with E-state index in [9.17, 15) is 0 Å². The summed E-state index contributed by atoms with van der Waals surface area (Å²) in [7, 11) is 0. The Morgan fingerprint density at radius 3 is 2.44 bits per heavy atom. The van der Waals surface area contributed by atoms with Crippen LogP contribution in [0.1, 0.15) is 47.0 Å². The minimum absolute atomic E-state index is 0.338. The smallest absolute Gasteiger partial charge is 0.0149 e. The lowest BCUT2D eigenvalue weighted by atomic mass is 9.68. The Balaban J connectivity index is 1.92. The van der Waals surface area contributed by atoms with E-state index in [0.717, 1.165) is 10.5 Å². The summed E-state index contributed by atoms with van der Waals surface area (Å²) in [5.41, 5.74) is 6.85. The molecule has 0 spiro atoms. The minimum Gasteiger partial charge on any atom is -0.327 e. The lowest BCUT2D eigenvalue weighted by Crippen LogP contribution is -2.52. The van der Waals surface area contributed by atoms with Gasteiger partial charge in [0.25, 0.3) is 0 Å². The summed E-state index contributed by atoms with van der Waals surface area (Å²) in [5, 5.41) is 1.56. The maximum atomic E-state index is 6.51. The second-order valence-electron chi connectivity index (χ2n) is 7.14. The second-order valence-corrected chi connectivity index (χ2v) is 9.02. The van der Waals surface area contributed by atoms with E-state index in [2.05, 4.69) is 44.4 Å². The number of nitrogens with zero attached hydrogens (tertiary/aromatic N) is 1. The molecule has 3 heteroatoms. The lowest BCUT2D eigenvalue weighted by Gasteiger charge is -2.45. The summed E-state index contributed by atoms with van der Waals surface area (Å²) < 4.78 is 0. The van der Waals surface area contributed by atoms with Gasteiger partial charge in [-0.3, -0.25) is 0 Å². The largest absolute Gasteiger partial charge is 0.327 e. The second kappa shape index (κ2) is 5.72. The van der Waals surface area contributed by atoms with Gasteiger partial charge in [-0.25, -0.2) is 0 Å². The predicted molar refractivity (Wildman–Crippen MR) is 82.1 cm³/mol. The third-order valence-corrected chi connectivity index (χ3v) is 6.02. The molecule has 0 radical (unpaired) electrons. The van der Waals surface area contributed by atoms with Crippen molar-refractivity contribution in [3.8, 4) is 0 Å². The lowest BCUT2D eigenvalue weighted by molar-refractivity contribution is 0.101. The molecule has 2 fully saturated rings. The molecular weight excluding hydrogens is 240 g/mol. The molecule has 2 aliphatic rings. The summed E-state index contributed by atoms with van der Waals surface area (Å²) in [6, 6.07) is 0.381. The van der Waals surface area contributed by atoms with Gasteiger partial charge in [-0.1, -0.05) is 34.1 Å². The Bertz CT molecular complexity index is 270. The molecule has 4 atom stereocenters. The number of thioether (sulfide) groups is 1. The van der Waals surface area contributed by atoms with Gasteiger partial charge in [-0.2, -0.15) is 11.8 Å². The summed E-state index contributed by atoms with van der Waals surface area (Å²) in [6.07, 6.45) is 3.99. The van der Waals surface area contributed by atoms with Crippen molar-refractivity contribution in [2.24, 2.45) is 17.1 Å². The highest BCUT2D eigenvalue weighted by molar-refractivity contribution is 8.00. The van der Waals surface area contributed by atoms with Gasteiger partial charge < -0.3 is 10.6 Å². The molecule has 1 aliphatic carbocycles. The van der Waals surface area contributed by atoms with Crippen LogP contribution in [-0.2, 0) is 0 Å². The molecule has 1 saturated heterocycles. The van der Waals surface area contributed by atoms with Gasteiger partial charge in [0.05, 0.1) is 0 Å². The predicted octanol–water partition coefficient (Wildman–Crippen LogP) is 2.97. The van der Waals surface area contributed by atoms with E-state index in [0.29, 0.717) is 17.4 Å². The fraction of sp³-hybridized carbons (Fsp3) is 1.00. The van der Waals surface area contributed by atoms with Crippen LogP contribution in [0.4, 0.5) is 0 Å². The van der Waals surface area contributed by atoms with E-state index >= 15 is 0 Å². The quantitative estimate of drug-likeness (QED) is 0.836. The molecule has 1 saturated carbocycles. The molecular formula is C15H30N2S. The molecule has 2 nitrogen and oxygen atoms in total. The van der Waals surface area contributed by atoms with E-state index in [-0.39, 0.29) is 0 Å². The fourth-order valence-corrected chi connectivity index (χ4v) is 5.16. The number of nitrogens with two attached hydrogens (primary N) is 1. The summed E-state index contributed by atoms with van der Waals surface area (Å²) >= 11 is 2.13. The van der Waals surface area contributed by atoms with Crippen molar-refractivity contribution < 1.29 is 0 Å². The van der Waals surface area contributed by atoms with Crippen LogP contribution in [0, 0.1) is 11.3 Å². The minimum atomic E-state index is 0.338. The topological polar surface area (TPSA) is 29.3 Å². The summed E-state index contributed by atoms with van der Waals surface area (Å²) in [5.74, 6) is 0.705. The fourth-order valence-electron chi connectivity index (χ4n) is 3.77. The molecule has 0 aromatic heterocycles. The van der Waals surface area contributed by atoms with E-state index in [4.69, 9.17) is 5.73 Å². The van der Waals surface area contributed by atoms with Gasteiger partial charge >= 0.3 is 0 Å². The van der Waals surface area contributed by atoms with Crippen LogP contribution in [0.25, 0.3) is 0 Å². The zero-order valence-electron chi connectivity index (χ0n) is 12.5. The molecule has 4 unspecified atom stereocenters. The molecule has 2 rings (SSSR count). The highest BCUT2D eigenvalue weighted by Gasteiger charge is 2.37. The first-order valence-corrected chi connectivity index (χ1v) is 8.46. The van der Waals surface area contributed by atoms with Gasteiger partial charge in [-0.15, -0.1) is 0 Å². The van der Waals surface area contributed by atoms with Crippen LogP contribution in [-0.4, -0.2) is 41.1 Å². The van der Waals surface area contributed by atoms with Gasteiger partial charge in [0, 0.05) is 36.2 Å². The first kappa shape index (κ1) is 14.7. The first-order valence-electron chi connectivity index (χ1n) is 7.52. The molecule has 1 aliphatic heterocycles. The number of rotatable bonds is 2. The Morgan fingerprint density at radius 1 is 1.22 bits per heavy atom. The van der Waals surface area contributed by atoms with E-state index in [1.165, 1.54) is 38.9 Å². The van der Waals surface area contributed by atoms with Gasteiger partial charge in [0.15, 0.2) is 0 Å². The standard InChI is InChI=1S/C15H30N2S/c1-11-8-17(9-12(2)18-11)10-13-6-5-7-15(3,4)14(13)16/h11-14H,5-10,16H2,1-4H3. The molecule has 1 heterocycles. The van der Waals surface area contributed by atoms with E-state index < -0.39 is 0 Å². The maximum Gasteiger partial charge on any atom is 0.0149 e. The zero-order valence-corrected chi connectivity index (χ0v) is 13.3. The highest BCUT2D eigenvalue weighted by Crippen LogP contribution is 2.38. The highest BCUT2D eigenvalue weighted by atomic mass is 32.2. The first-order chi connectivity index (χ1) is 8.38. The van der Waals surface area contributed by atoms with Gasteiger partial charge in [-0.05, 0) is 24.2 Å². The molecule has 0 aromatic rings. The Hall–Kier alpha value is 0.270. The van der Waals surface area contributed by atoms with Crippen molar-refractivity contribution in [2.45, 2.75) is 63.5 Å². The Labute approximate surface area is 117 Å². The van der Waals surface area contributed by atoms with Crippen molar-refractivity contribution in [1.82, 2.24) is 4.90 Å². The molecule has 0 amide bonds. The maximum absolute atomic E-state index is 6.51. The molecule has 18 heavy (non-hydrogen) atoms. The number of hydrogen-bond acceptors (Lipinski definition) is 3. The van der Waals surface area contributed by atoms with Crippen LogP contribution in [0.15, 0.2) is 0 Å². The van der Waals surface area contributed by atoms with Gasteiger partial charge in [0.1, 0.15) is 0 Å². The SMILES string of the molecule is CC1CN(CC2CCCC(C)(C)C2N)CC(C)S1. The van der Waals surface area contributed by atoms with Crippen LogP contribution < -0.4 is 5.73 Å². The van der Waals surface area contributed by atoms with Crippen molar-refractivity contribution >= 4 is 11.8 Å². The summed E-state index contributed by atoms with van der Waals surface area (Å²) in [6.45, 7) is 13.1. The third-order valence-electron chi connectivity index (χ3n) is 4.79. The molecule has 0 aromatic carbocycles. The Morgan fingerprint density at radius 2 is 1.83 bits per heavy atom. The van der Waals surface area contributed by atoms with Crippen LogP contribution in [0.5, 0.6) is 0 Å². The monoisotopic (exact) mass is 270 g/mol. The third kappa shape index (κ3) is 3.43. The van der Waals surface area contributed by atoms with Crippen molar-refractivity contribution in [3.05, 3.63) is 0 Å². The average molecular weight is 270 g/mol. The molecule has 0 bridgehead atoms. The number of hydrogen-bond donors (Lipinski definition) is 1. The zero-order chi connectivity index (χ0) is 13.3. The molecule has 106 valence electrons. The van der Waals surface area contributed by atoms with Crippen molar-refractivity contribution in [1.29, 1.82) is 0 Å². The average Bonchev–Trinajstić information content (AvgIpc) is 2.23. The Kier molecular flexibility index (Phi) is 4.66. The molecule has 2 N–H and O–H groups in total. The van der Waals surface area contributed by atoms with Crippen molar-refractivity contribution in [3.63, 3.8) is 0 Å². The van der Waals surface area contributed by atoms with E-state index in [1.54, 1.807) is 0 Å².